The van der Waals surface area contributed by atoms with Gasteiger partial charge in [-0.25, -0.2) is 0 Å². The Balaban J connectivity index is 1.85. The number of aromatic nitrogens is 3. The highest BCUT2D eigenvalue weighted by atomic mass is 16.5. The Morgan fingerprint density at radius 3 is 2.69 bits per heavy atom. The summed E-state index contributed by atoms with van der Waals surface area (Å²) in [6.07, 6.45) is 0.804. The lowest BCUT2D eigenvalue weighted by Gasteiger charge is -2.11. The molecule has 0 aliphatic carbocycles. The smallest absolute Gasteiger partial charge is 0.303 e. The first-order chi connectivity index (χ1) is 12.5. The van der Waals surface area contributed by atoms with E-state index in [1.165, 1.54) is 0 Å². The minimum Gasteiger partial charge on any atom is -0.481 e. The van der Waals surface area contributed by atoms with Gasteiger partial charge in [0, 0.05) is 18.5 Å². The first-order valence-electron chi connectivity index (χ1n) is 8.33. The number of pyridine rings is 1. The van der Waals surface area contributed by atoms with E-state index in [9.17, 15) is 9.59 Å². The van der Waals surface area contributed by atoms with Gasteiger partial charge in [-0.1, -0.05) is 35.5 Å². The van der Waals surface area contributed by atoms with Gasteiger partial charge < -0.3 is 14.2 Å². The highest BCUT2D eigenvalue weighted by Gasteiger charge is 2.15. The highest BCUT2D eigenvalue weighted by molar-refractivity contribution is 5.66. The standard InChI is InChI=1S/C19H19N3O4/c1-13-10-11-15(18-20-16(26-21-18)8-5-9-17(23)24)19(25)22(13)12-14-6-3-2-4-7-14/h2-4,6-7,10-11H,5,8-9,12H2,1H3,(H,23,24). The third-order valence-corrected chi connectivity index (χ3v) is 4.07. The summed E-state index contributed by atoms with van der Waals surface area (Å²) in [4.78, 5) is 27.7. The lowest BCUT2D eigenvalue weighted by molar-refractivity contribution is -0.137. The zero-order chi connectivity index (χ0) is 18.5. The Labute approximate surface area is 149 Å². The molecule has 0 saturated heterocycles. The molecule has 7 heteroatoms. The van der Waals surface area contributed by atoms with Crippen molar-refractivity contribution >= 4 is 5.97 Å². The molecule has 1 N–H and O–H groups in total. The first kappa shape index (κ1) is 17.6. The maximum atomic E-state index is 12.9. The molecule has 0 fully saturated rings. The topological polar surface area (TPSA) is 98.2 Å². The van der Waals surface area contributed by atoms with Gasteiger partial charge in [-0.3, -0.25) is 9.59 Å². The van der Waals surface area contributed by atoms with Gasteiger partial charge in [-0.2, -0.15) is 4.98 Å². The molecule has 0 amide bonds. The predicted octanol–water partition coefficient (Wildman–Crippen LogP) is 2.66. The van der Waals surface area contributed by atoms with Crippen LogP contribution in [0.3, 0.4) is 0 Å². The summed E-state index contributed by atoms with van der Waals surface area (Å²) in [6.45, 7) is 2.34. The van der Waals surface area contributed by atoms with E-state index in [2.05, 4.69) is 10.1 Å². The highest BCUT2D eigenvalue weighted by Crippen LogP contribution is 2.14. The van der Waals surface area contributed by atoms with Crippen LogP contribution in [0.4, 0.5) is 0 Å². The van der Waals surface area contributed by atoms with Crippen LogP contribution in [0.25, 0.3) is 11.4 Å². The second-order valence-corrected chi connectivity index (χ2v) is 6.02. The SMILES string of the molecule is Cc1ccc(-c2noc(CCCC(=O)O)n2)c(=O)n1Cc1ccccc1. The summed E-state index contributed by atoms with van der Waals surface area (Å²) in [5, 5.41) is 12.6. The van der Waals surface area contributed by atoms with Crippen molar-refractivity contribution in [3.63, 3.8) is 0 Å². The molecule has 2 heterocycles. The van der Waals surface area contributed by atoms with Crippen molar-refractivity contribution in [3.05, 3.63) is 70.0 Å². The number of aryl methyl sites for hydroxylation is 2. The lowest BCUT2D eigenvalue weighted by atomic mass is 10.2. The van der Waals surface area contributed by atoms with Crippen LogP contribution in [-0.2, 0) is 17.8 Å². The van der Waals surface area contributed by atoms with Crippen LogP contribution in [-0.4, -0.2) is 25.8 Å². The van der Waals surface area contributed by atoms with Gasteiger partial charge >= 0.3 is 5.97 Å². The fourth-order valence-corrected chi connectivity index (χ4v) is 2.66. The summed E-state index contributed by atoms with van der Waals surface area (Å²) in [7, 11) is 0. The third kappa shape index (κ3) is 4.05. The summed E-state index contributed by atoms with van der Waals surface area (Å²) in [5.74, 6) is -0.315. The summed E-state index contributed by atoms with van der Waals surface area (Å²) in [5.41, 5.74) is 2.04. The zero-order valence-electron chi connectivity index (χ0n) is 14.4. The van der Waals surface area contributed by atoms with Crippen molar-refractivity contribution in [2.45, 2.75) is 32.7 Å². The number of hydrogen-bond donors (Lipinski definition) is 1. The Morgan fingerprint density at radius 1 is 1.19 bits per heavy atom. The second-order valence-electron chi connectivity index (χ2n) is 6.02. The third-order valence-electron chi connectivity index (χ3n) is 4.07. The van der Waals surface area contributed by atoms with Crippen molar-refractivity contribution in [1.82, 2.24) is 14.7 Å². The zero-order valence-corrected chi connectivity index (χ0v) is 14.4. The fourth-order valence-electron chi connectivity index (χ4n) is 2.66. The van der Waals surface area contributed by atoms with Gasteiger partial charge in [0.15, 0.2) is 0 Å². The average molecular weight is 353 g/mol. The molecule has 1 aromatic carbocycles. The van der Waals surface area contributed by atoms with Crippen LogP contribution in [0.1, 0.15) is 30.0 Å². The first-order valence-corrected chi connectivity index (χ1v) is 8.33. The van der Waals surface area contributed by atoms with Crippen LogP contribution < -0.4 is 5.56 Å². The van der Waals surface area contributed by atoms with E-state index in [-0.39, 0.29) is 17.8 Å². The Hall–Kier alpha value is -3.22. The molecule has 0 aliphatic heterocycles. The number of rotatable bonds is 7. The van der Waals surface area contributed by atoms with E-state index in [1.807, 2.05) is 43.3 Å². The summed E-state index contributed by atoms with van der Waals surface area (Å²) >= 11 is 0. The van der Waals surface area contributed by atoms with Crippen molar-refractivity contribution in [1.29, 1.82) is 0 Å². The van der Waals surface area contributed by atoms with Crippen molar-refractivity contribution < 1.29 is 14.4 Å². The Kier molecular flexibility index (Phi) is 5.26. The van der Waals surface area contributed by atoms with Crippen molar-refractivity contribution in [2.24, 2.45) is 0 Å². The molecule has 0 aliphatic rings. The number of nitrogens with zero attached hydrogens (tertiary/aromatic N) is 3. The minimum absolute atomic E-state index is 0.0339. The predicted molar refractivity (Wildman–Crippen MR) is 94.8 cm³/mol. The second kappa shape index (κ2) is 7.77. The molecular weight excluding hydrogens is 334 g/mol. The largest absolute Gasteiger partial charge is 0.481 e. The number of carbonyl (C=O) groups is 1. The van der Waals surface area contributed by atoms with Gasteiger partial charge in [0.25, 0.3) is 5.56 Å². The quantitative estimate of drug-likeness (QED) is 0.701. The number of hydrogen-bond acceptors (Lipinski definition) is 5. The van der Waals surface area contributed by atoms with Crippen LogP contribution in [0, 0.1) is 6.92 Å². The normalized spacial score (nSPS) is 10.8. The maximum absolute atomic E-state index is 12.9. The molecule has 2 aromatic heterocycles. The molecule has 0 spiro atoms. The van der Waals surface area contributed by atoms with Gasteiger partial charge in [0.1, 0.15) is 0 Å². The van der Waals surface area contributed by atoms with Gasteiger partial charge in [0.2, 0.25) is 11.7 Å². The van der Waals surface area contributed by atoms with Crippen LogP contribution in [0.2, 0.25) is 0 Å². The molecule has 3 aromatic rings. The molecule has 0 bridgehead atoms. The van der Waals surface area contributed by atoms with E-state index < -0.39 is 5.97 Å². The molecule has 134 valence electrons. The van der Waals surface area contributed by atoms with E-state index in [0.717, 1.165) is 11.3 Å². The van der Waals surface area contributed by atoms with Gasteiger partial charge in [0.05, 0.1) is 12.1 Å². The minimum atomic E-state index is -0.868. The van der Waals surface area contributed by atoms with Crippen molar-refractivity contribution in [2.75, 3.05) is 0 Å². The number of carboxylic acid groups (broad SMARTS) is 1. The number of benzene rings is 1. The average Bonchev–Trinajstić information content (AvgIpc) is 3.08. The monoisotopic (exact) mass is 353 g/mol. The molecule has 7 nitrogen and oxygen atoms in total. The molecule has 0 unspecified atom stereocenters. The molecule has 26 heavy (non-hydrogen) atoms. The van der Waals surface area contributed by atoms with Crippen LogP contribution in [0.15, 0.2) is 51.8 Å². The molecule has 0 atom stereocenters. The van der Waals surface area contributed by atoms with Gasteiger partial charge in [-0.15, -0.1) is 0 Å². The Morgan fingerprint density at radius 2 is 1.96 bits per heavy atom. The van der Waals surface area contributed by atoms with Crippen molar-refractivity contribution in [3.8, 4) is 11.4 Å². The molecule has 0 radical (unpaired) electrons. The number of carboxylic acids is 1. The number of aliphatic carboxylic acids is 1. The maximum Gasteiger partial charge on any atom is 0.303 e. The molecular formula is C19H19N3O4. The molecule has 3 rings (SSSR count). The summed E-state index contributed by atoms with van der Waals surface area (Å²) in [6, 6.07) is 13.3. The van der Waals surface area contributed by atoms with Gasteiger partial charge in [-0.05, 0) is 31.0 Å². The van der Waals surface area contributed by atoms with E-state index in [0.29, 0.717) is 30.8 Å². The van der Waals surface area contributed by atoms with Crippen LogP contribution in [0.5, 0.6) is 0 Å². The molecule has 0 saturated carbocycles. The lowest BCUT2D eigenvalue weighted by Crippen LogP contribution is -2.24. The Bertz CT molecular complexity index is 960. The van der Waals surface area contributed by atoms with E-state index in [1.54, 1.807) is 10.6 Å². The van der Waals surface area contributed by atoms with Crippen LogP contribution >= 0.6 is 0 Å². The summed E-state index contributed by atoms with van der Waals surface area (Å²) < 4.78 is 6.81. The van der Waals surface area contributed by atoms with E-state index in [4.69, 9.17) is 9.63 Å². The fraction of sp³-hybridized carbons (Fsp3) is 0.263. The van der Waals surface area contributed by atoms with E-state index >= 15 is 0 Å².